The van der Waals surface area contributed by atoms with Crippen LogP contribution in [-0.4, -0.2) is 26.4 Å². The number of carbonyl (C=O) groups is 1. The minimum atomic E-state index is -3.74. The lowest BCUT2D eigenvalue weighted by molar-refractivity contribution is -0.118. The number of sulfonamides is 1. The number of rotatable bonds is 4. The summed E-state index contributed by atoms with van der Waals surface area (Å²) < 4.78 is 22.8. The number of nitrogens with one attached hydrogen (secondary N) is 1. The normalized spacial score (nSPS) is 21.8. The molecule has 142 valence electrons. The number of nitrogens with two attached hydrogens (primary N) is 1. The van der Waals surface area contributed by atoms with Crippen LogP contribution in [0.4, 0.5) is 5.69 Å². The second-order valence-electron chi connectivity index (χ2n) is 6.67. The first kappa shape index (κ1) is 18.3. The quantitative estimate of drug-likeness (QED) is 0.775. The molecule has 0 saturated carbocycles. The molecule has 3 N–H and O–H groups in total. The number of primary sulfonamides is 1. The SMILES string of the molecule is NS(=O)(=O)c1ccc(N=CC2C(c3ccccc3)=CN=C3NC(=O)CC32)cc1. The van der Waals surface area contributed by atoms with Crippen molar-refractivity contribution in [3.63, 3.8) is 0 Å². The summed E-state index contributed by atoms with van der Waals surface area (Å²) in [6.45, 7) is 0. The number of amidine groups is 1. The number of fused-ring (bicyclic) bond motifs is 1. The van der Waals surface area contributed by atoms with Gasteiger partial charge in [-0.2, -0.15) is 0 Å². The third-order valence-electron chi connectivity index (χ3n) is 4.82. The molecule has 2 unspecified atom stereocenters. The molecule has 2 heterocycles. The number of hydrogen-bond acceptors (Lipinski definition) is 5. The Hall–Kier alpha value is -3.10. The summed E-state index contributed by atoms with van der Waals surface area (Å²) in [5.41, 5.74) is 2.60. The van der Waals surface area contributed by atoms with Gasteiger partial charge in [-0.3, -0.25) is 9.79 Å². The molecule has 0 spiro atoms. The number of aliphatic imine (C=N–C) groups is 2. The van der Waals surface area contributed by atoms with Gasteiger partial charge in [0.05, 0.1) is 10.6 Å². The predicted molar refractivity (Wildman–Crippen MR) is 108 cm³/mol. The van der Waals surface area contributed by atoms with Gasteiger partial charge in [0.25, 0.3) is 0 Å². The van der Waals surface area contributed by atoms with Crippen LogP contribution in [0, 0.1) is 11.8 Å². The van der Waals surface area contributed by atoms with Crippen LogP contribution in [-0.2, 0) is 14.8 Å². The zero-order valence-electron chi connectivity index (χ0n) is 14.8. The van der Waals surface area contributed by atoms with Crippen molar-refractivity contribution in [2.24, 2.45) is 27.0 Å². The molecule has 0 radical (unpaired) electrons. The molecule has 1 fully saturated rings. The third kappa shape index (κ3) is 3.64. The smallest absolute Gasteiger partial charge is 0.238 e. The summed E-state index contributed by atoms with van der Waals surface area (Å²) in [6, 6.07) is 15.9. The van der Waals surface area contributed by atoms with Gasteiger partial charge in [-0.1, -0.05) is 30.3 Å². The van der Waals surface area contributed by atoms with Crippen molar-refractivity contribution < 1.29 is 13.2 Å². The monoisotopic (exact) mass is 394 g/mol. The molecule has 1 saturated heterocycles. The van der Waals surface area contributed by atoms with Crippen LogP contribution >= 0.6 is 0 Å². The molecule has 4 rings (SSSR count). The Labute approximate surface area is 162 Å². The van der Waals surface area contributed by atoms with Crippen LogP contribution in [0.5, 0.6) is 0 Å². The maximum Gasteiger partial charge on any atom is 0.238 e. The molecule has 1 amide bonds. The van der Waals surface area contributed by atoms with E-state index in [0.29, 0.717) is 17.9 Å². The number of nitrogens with zero attached hydrogens (tertiary/aromatic N) is 2. The lowest BCUT2D eigenvalue weighted by atomic mass is 9.81. The highest BCUT2D eigenvalue weighted by Gasteiger charge is 2.38. The molecule has 0 aliphatic carbocycles. The fraction of sp³-hybridized carbons (Fsp3) is 0.150. The van der Waals surface area contributed by atoms with Crippen molar-refractivity contribution in [1.29, 1.82) is 0 Å². The predicted octanol–water partition coefficient (Wildman–Crippen LogP) is 2.24. The van der Waals surface area contributed by atoms with Crippen LogP contribution < -0.4 is 10.5 Å². The standard InChI is InChI=1S/C20H18N4O3S/c21-28(26,27)15-8-6-14(7-9-15)22-12-18-16-10-19(25)24-20(16)23-11-17(18)13-4-2-1-3-5-13/h1-9,11-12,16,18H,10H2,(H2,21,26,27)(H,23,24,25). The number of amides is 1. The van der Waals surface area contributed by atoms with Gasteiger partial charge in [0, 0.05) is 30.7 Å². The summed E-state index contributed by atoms with van der Waals surface area (Å²) in [5.74, 6) is 0.375. The van der Waals surface area contributed by atoms with Gasteiger partial charge in [0.15, 0.2) is 0 Å². The molecule has 0 bridgehead atoms. The zero-order valence-corrected chi connectivity index (χ0v) is 15.6. The summed E-state index contributed by atoms with van der Waals surface area (Å²) in [5, 5.41) is 7.93. The van der Waals surface area contributed by atoms with Crippen molar-refractivity contribution in [1.82, 2.24) is 5.32 Å². The van der Waals surface area contributed by atoms with E-state index in [-0.39, 0.29) is 22.6 Å². The van der Waals surface area contributed by atoms with Crippen molar-refractivity contribution >= 4 is 39.2 Å². The van der Waals surface area contributed by atoms with E-state index in [4.69, 9.17) is 5.14 Å². The molecule has 8 heteroatoms. The second kappa shape index (κ2) is 7.14. The Morgan fingerprint density at radius 1 is 1.11 bits per heavy atom. The Morgan fingerprint density at radius 2 is 1.82 bits per heavy atom. The molecule has 7 nitrogen and oxygen atoms in total. The highest BCUT2D eigenvalue weighted by atomic mass is 32.2. The third-order valence-corrected chi connectivity index (χ3v) is 5.75. The maximum atomic E-state index is 11.9. The molecule has 2 aromatic rings. The van der Waals surface area contributed by atoms with Crippen LogP contribution in [0.1, 0.15) is 12.0 Å². The Kier molecular flexibility index (Phi) is 4.66. The molecule has 2 aliphatic heterocycles. The van der Waals surface area contributed by atoms with Crippen LogP contribution in [0.3, 0.4) is 0 Å². The van der Waals surface area contributed by atoms with Crippen molar-refractivity contribution in [3.05, 3.63) is 66.4 Å². The van der Waals surface area contributed by atoms with Gasteiger partial charge >= 0.3 is 0 Å². The lowest BCUT2D eigenvalue weighted by Gasteiger charge is -2.25. The van der Waals surface area contributed by atoms with Gasteiger partial charge in [-0.25, -0.2) is 18.5 Å². The summed E-state index contributed by atoms with van der Waals surface area (Å²) in [6.07, 6.45) is 3.92. The molecule has 28 heavy (non-hydrogen) atoms. The summed E-state index contributed by atoms with van der Waals surface area (Å²) in [4.78, 5) is 20.9. The minimum Gasteiger partial charge on any atom is -0.314 e. The summed E-state index contributed by atoms with van der Waals surface area (Å²) >= 11 is 0. The molecule has 2 aromatic carbocycles. The Morgan fingerprint density at radius 3 is 2.50 bits per heavy atom. The summed E-state index contributed by atoms with van der Waals surface area (Å²) in [7, 11) is -3.74. The van der Waals surface area contributed by atoms with Crippen molar-refractivity contribution in [2.75, 3.05) is 0 Å². The first-order chi connectivity index (χ1) is 13.4. The van der Waals surface area contributed by atoms with Crippen molar-refractivity contribution in [2.45, 2.75) is 11.3 Å². The first-order valence-electron chi connectivity index (χ1n) is 8.72. The van der Waals surface area contributed by atoms with Crippen LogP contribution in [0.25, 0.3) is 5.57 Å². The maximum absolute atomic E-state index is 11.9. The topological polar surface area (TPSA) is 114 Å². The largest absolute Gasteiger partial charge is 0.314 e. The fourth-order valence-corrected chi connectivity index (χ4v) is 3.94. The van der Waals surface area contributed by atoms with E-state index in [2.05, 4.69) is 15.3 Å². The van der Waals surface area contributed by atoms with Gasteiger partial charge in [-0.05, 0) is 35.4 Å². The van der Waals surface area contributed by atoms with Crippen molar-refractivity contribution in [3.8, 4) is 0 Å². The average molecular weight is 394 g/mol. The van der Waals surface area contributed by atoms with Crippen LogP contribution in [0.15, 0.2) is 75.7 Å². The van der Waals surface area contributed by atoms with Gasteiger partial charge < -0.3 is 5.32 Å². The second-order valence-corrected chi connectivity index (χ2v) is 8.23. The molecule has 0 aromatic heterocycles. The van der Waals surface area contributed by atoms with E-state index < -0.39 is 10.0 Å². The van der Waals surface area contributed by atoms with Gasteiger partial charge in [-0.15, -0.1) is 0 Å². The average Bonchev–Trinajstić information content (AvgIpc) is 3.07. The van der Waals surface area contributed by atoms with E-state index >= 15 is 0 Å². The minimum absolute atomic E-state index is 0.0361. The molecule has 2 atom stereocenters. The van der Waals surface area contributed by atoms with Gasteiger partial charge in [0.1, 0.15) is 5.84 Å². The highest BCUT2D eigenvalue weighted by Crippen LogP contribution is 2.36. The first-order valence-corrected chi connectivity index (χ1v) is 10.3. The molecular weight excluding hydrogens is 376 g/mol. The zero-order chi connectivity index (χ0) is 19.7. The van der Waals surface area contributed by atoms with E-state index in [0.717, 1.165) is 11.1 Å². The molecule has 2 aliphatic rings. The van der Waals surface area contributed by atoms with Crippen LogP contribution in [0.2, 0.25) is 0 Å². The van der Waals surface area contributed by atoms with E-state index in [1.54, 1.807) is 24.5 Å². The van der Waals surface area contributed by atoms with Gasteiger partial charge in [0.2, 0.25) is 15.9 Å². The van der Waals surface area contributed by atoms with E-state index in [1.807, 2.05) is 30.3 Å². The molecular formula is C20H18N4O3S. The number of benzene rings is 2. The number of allylic oxidation sites excluding steroid dienone is 1. The fourth-order valence-electron chi connectivity index (χ4n) is 3.42. The Balaban J connectivity index is 1.66. The Bertz CT molecular complexity index is 1100. The van der Waals surface area contributed by atoms with E-state index in [1.165, 1.54) is 12.1 Å². The highest BCUT2D eigenvalue weighted by molar-refractivity contribution is 7.89. The lowest BCUT2D eigenvalue weighted by Crippen LogP contribution is -2.30. The number of carbonyl (C=O) groups excluding carboxylic acids is 1. The number of hydrogen-bond donors (Lipinski definition) is 2. The van der Waals surface area contributed by atoms with E-state index in [9.17, 15) is 13.2 Å².